The first-order valence-electron chi connectivity index (χ1n) is 12.6. The Hall–Kier alpha value is -2.89. The highest BCUT2D eigenvalue weighted by molar-refractivity contribution is 5.89. The van der Waals surface area contributed by atoms with Crippen molar-refractivity contribution < 1.29 is 19.1 Å². The summed E-state index contributed by atoms with van der Waals surface area (Å²) >= 11 is 0. The molecule has 4 rings (SSSR count). The molecule has 1 aromatic heterocycles. The molecule has 1 heterocycles. The average Bonchev–Trinajstić information content (AvgIpc) is 3.38. The van der Waals surface area contributed by atoms with Crippen LogP contribution in [0.5, 0.6) is 5.75 Å². The second-order valence-corrected chi connectivity index (χ2v) is 9.78. The zero-order chi connectivity index (χ0) is 23.9. The number of carbonyl (C=O) groups is 2. The van der Waals surface area contributed by atoms with Gasteiger partial charge in [-0.1, -0.05) is 31.4 Å². The highest BCUT2D eigenvalue weighted by Crippen LogP contribution is 2.38. The Morgan fingerprint density at radius 2 is 1.79 bits per heavy atom. The minimum atomic E-state index is -0.363. The Bertz CT molecular complexity index is 951. The lowest BCUT2D eigenvalue weighted by atomic mass is 9.90. The number of nitrogens with zero attached hydrogens (tertiary/aromatic N) is 1. The van der Waals surface area contributed by atoms with E-state index < -0.39 is 0 Å². The number of amides is 1. The number of hydrogen-bond donors (Lipinski definition) is 1. The van der Waals surface area contributed by atoms with Gasteiger partial charge in [0.2, 0.25) is 5.91 Å². The number of nitrogens with one attached hydrogen (secondary N) is 1. The first kappa shape index (κ1) is 24.2. The molecule has 2 aliphatic carbocycles. The van der Waals surface area contributed by atoms with Crippen LogP contribution in [0.3, 0.4) is 0 Å². The number of rotatable bonds is 8. The summed E-state index contributed by atoms with van der Waals surface area (Å²) in [5.41, 5.74) is 2.51. The molecular formula is C28H36N2O4. The first-order chi connectivity index (χ1) is 16.5. The van der Waals surface area contributed by atoms with Gasteiger partial charge < -0.3 is 14.8 Å². The molecule has 2 aliphatic rings. The fourth-order valence-electron chi connectivity index (χ4n) is 5.22. The van der Waals surface area contributed by atoms with E-state index in [4.69, 9.17) is 9.47 Å². The molecule has 0 bridgehead atoms. The fraction of sp³-hybridized carbons (Fsp3) is 0.536. The van der Waals surface area contributed by atoms with Crippen LogP contribution in [0.4, 0.5) is 0 Å². The van der Waals surface area contributed by atoms with Gasteiger partial charge in [0, 0.05) is 17.5 Å². The van der Waals surface area contributed by atoms with Gasteiger partial charge in [0.25, 0.3) is 0 Å². The summed E-state index contributed by atoms with van der Waals surface area (Å²) in [5, 5.41) is 3.13. The third kappa shape index (κ3) is 6.16. The number of pyridine rings is 1. The first-order valence-corrected chi connectivity index (χ1v) is 12.6. The number of carbonyl (C=O) groups excluding carboxylic acids is 2. The largest absolute Gasteiger partial charge is 0.492 e. The molecule has 3 atom stereocenters. The van der Waals surface area contributed by atoms with Crippen LogP contribution >= 0.6 is 0 Å². The third-order valence-corrected chi connectivity index (χ3v) is 7.38. The molecule has 2 fully saturated rings. The highest BCUT2D eigenvalue weighted by atomic mass is 16.5. The van der Waals surface area contributed by atoms with E-state index in [1.165, 1.54) is 39.2 Å². The summed E-state index contributed by atoms with van der Waals surface area (Å²) in [6.07, 6.45) is 11.0. The molecule has 2 unspecified atom stereocenters. The van der Waals surface area contributed by atoms with Gasteiger partial charge in [0.1, 0.15) is 5.75 Å². The lowest BCUT2D eigenvalue weighted by molar-refractivity contribution is -0.125. The predicted molar refractivity (Wildman–Crippen MR) is 131 cm³/mol. The molecule has 6 heteroatoms. The van der Waals surface area contributed by atoms with Gasteiger partial charge in [0.05, 0.1) is 31.5 Å². The second-order valence-electron chi connectivity index (χ2n) is 9.78. The number of esters is 1. The van der Waals surface area contributed by atoms with Gasteiger partial charge in [0.15, 0.2) is 0 Å². The number of aromatic nitrogens is 1. The van der Waals surface area contributed by atoms with E-state index in [2.05, 4.69) is 16.4 Å². The molecule has 0 spiro atoms. The minimum Gasteiger partial charge on any atom is -0.492 e. The van der Waals surface area contributed by atoms with Crippen molar-refractivity contribution in [1.29, 1.82) is 0 Å². The van der Waals surface area contributed by atoms with Crippen LogP contribution in [0, 0.1) is 11.8 Å². The molecule has 1 amide bonds. The number of ether oxygens (including phenoxy) is 2. The van der Waals surface area contributed by atoms with Gasteiger partial charge >= 0.3 is 5.97 Å². The number of hydrogen-bond acceptors (Lipinski definition) is 5. The zero-order valence-electron chi connectivity index (χ0n) is 20.3. The maximum Gasteiger partial charge on any atom is 0.337 e. The Morgan fingerprint density at radius 1 is 1.03 bits per heavy atom. The second kappa shape index (κ2) is 11.5. The quantitative estimate of drug-likeness (QED) is 0.516. The van der Waals surface area contributed by atoms with Crippen LogP contribution < -0.4 is 10.1 Å². The Kier molecular flexibility index (Phi) is 8.20. The van der Waals surface area contributed by atoms with Crippen LogP contribution in [0.25, 0.3) is 0 Å². The van der Waals surface area contributed by atoms with E-state index in [9.17, 15) is 9.59 Å². The molecule has 0 saturated heterocycles. The topological polar surface area (TPSA) is 77.5 Å². The molecule has 0 aliphatic heterocycles. The fourth-order valence-corrected chi connectivity index (χ4v) is 5.22. The molecule has 2 saturated carbocycles. The Labute approximate surface area is 202 Å². The molecule has 34 heavy (non-hydrogen) atoms. The van der Waals surface area contributed by atoms with Gasteiger partial charge in [-0.2, -0.15) is 0 Å². The van der Waals surface area contributed by atoms with Crippen LogP contribution in [0.15, 0.2) is 42.6 Å². The Balaban J connectivity index is 1.25. The van der Waals surface area contributed by atoms with Crippen LogP contribution in [-0.2, 0) is 9.53 Å². The summed E-state index contributed by atoms with van der Waals surface area (Å²) in [6, 6.07) is 11.1. The van der Waals surface area contributed by atoms with E-state index in [0.717, 1.165) is 42.9 Å². The van der Waals surface area contributed by atoms with E-state index in [0.29, 0.717) is 17.4 Å². The van der Waals surface area contributed by atoms with Crippen molar-refractivity contribution in [3.05, 3.63) is 59.4 Å². The van der Waals surface area contributed by atoms with Crippen molar-refractivity contribution in [2.24, 2.45) is 11.8 Å². The maximum atomic E-state index is 12.9. The van der Waals surface area contributed by atoms with Crippen molar-refractivity contribution in [2.45, 2.75) is 70.3 Å². The van der Waals surface area contributed by atoms with E-state index in [1.807, 2.05) is 31.3 Å². The molecule has 1 aromatic carbocycles. The standard InChI is InChI=1S/C28H36N2O4/c1-19(21-8-10-22(11-9-21)28(32)33-2)30-27(31)24-13-12-23(16-24)26-15-14-25(17-29-26)34-18-20-6-4-3-5-7-20/h8-11,14-15,17,19-20,23-24H,3-7,12-13,16,18H2,1-2H3,(H,30,31)/t19-,23?,24?/m0/s1. The normalized spacial score (nSPS) is 21.6. The monoisotopic (exact) mass is 464 g/mol. The van der Waals surface area contributed by atoms with Crippen molar-refractivity contribution in [2.75, 3.05) is 13.7 Å². The van der Waals surface area contributed by atoms with Crippen LogP contribution in [0.1, 0.15) is 91.9 Å². The summed E-state index contributed by atoms with van der Waals surface area (Å²) in [7, 11) is 1.36. The maximum absolute atomic E-state index is 12.9. The predicted octanol–water partition coefficient (Wildman–Crippen LogP) is 5.59. The average molecular weight is 465 g/mol. The van der Waals surface area contributed by atoms with Crippen LogP contribution in [0.2, 0.25) is 0 Å². The number of methoxy groups -OCH3 is 1. The van der Waals surface area contributed by atoms with Crippen molar-refractivity contribution in [3.8, 4) is 5.75 Å². The smallest absolute Gasteiger partial charge is 0.337 e. The molecule has 182 valence electrons. The van der Waals surface area contributed by atoms with E-state index >= 15 is 0 Å². The lowest BCUT2D eigenvalue weighted by Crippen LogP contribution is -2.31. The SMILES string of the molecule is COC(=O)c1ccc([C@H](C)NC(=O)C2CCC(c3ccc(OCC4CCCCC4)cn3)C2)cc1. The Morgan fingerprint density at radius 3 is 2.47 bits per heavy atom. The third-order valence-electron chi connectivity index (χ3n) is 7.38. The summed E-state index contributed by atoms with van der Waals surface area (Å²) in [5.74, 6) is 1.53. The summed E-state index contributed by atoms with van der Waals surface area (Å²) in [6.45, 7) is 2.75. The van der Waals surface area contributed by atoms with E-state index in [-0.39, 0.29) is 23.8 Å². The van der Waals surface area contributed by atoms with Crippen molar-refractivity contribution >= 4 is 11.9 Å². The van der Waals surface area contributed by atoms with Crippen LogP contribution in [-0.4, -0.2) is 30.6 Å². The molecule has 2 aromatic rings. The summed E-state index contributed by atoms with van der Waals surface area (Å²) in [4.78, 5) is 29.2. The minimum absolute atomic E-state index is 0.00850. The molecular weight excluding hydrogens is 428 g/mol. The summed E-state index contributed by atoms with van der Waals surface area (Å²) < 4.78 is 10.7. The van der Waals surface area contributed by atoms with Gasteiger partial charge in [-0.05, 0) is 74.8 Å². The highest BCUT2D eigenvalue weighted by Gasteiger charge is 2.32. The molecule has 1 N–H and O–H groups in total. The van der Waals surface area contributed by atoms with Gasteiger partial charge in [-0.25, -0.2) is 4.79 Å². The van der Waals surface area contributed by atoms with Gasteiger partial charge in [-0.15, -0.1) is 0 Å². The molecule has 0 radical (unpaired) electrons. The lowest BCUT2D eigenvalue weighted by Gasteiger charge is -2.21. The molecule has 6 nitrogen and oxygen atoms in total. The zero-order valence-corrected chi connectivity index (χ0v) is 20.3. The van der Waals surface area contributed by atoms with Gasteiger partial charge in [-0.3, -0.25) is 9.78 Å². The van der Waals surface area contributed by atoms with E-state index in [1.54, 1.807) is 12.1 Å². The number of benzene rings is 1. The van der Waals surface area contributed by atoms with Crippen molar-refractivity contribution in [3.63, 3.8) is 0 Å². The van der Waals surface area contributed by atoms with Crippen molar-refractivity contribution in [1.82, 2.24) is 10.3 Å².